The lowest BCUT2D eigenvalue weighted by Gasteiger charge is -2.40. The van der Waals surface area contributed by atoms with E-state index in [-0.39, 0.29) is 44.7 Å². The SMILES string of the molecule is CC12C34CSCC31C(O)C13CSCC1(C4O)C32C. The van der Waals surface area contributed by atoms with Gasteiger partial charge in [0.25, 0.3) is 0 Å². The van der Waals surface area contributed by atoms with Gasteiger partial charge in [-0.3, -0.25) is 0 Å². The first kappa shape index (κ1) is 10.4. The molecule has 98 valence electrons. The second-order valence-electron chi connectivity index (χ2n) is 7.93. The summed E-state index contributed by atoms with van der Waals surface area (Å²) in [6.45, 7) is 4.82. The molecular formula is C14H18O2S2. The fourth-order valence-corrected chi connectivity index (χ4v) is 13.0. The minimum absolute atomic E-state index is 0.0610. The van der Waals surface area contributed by atoms with Crippen LogP contribution in [0, 0.1) is 32.5 Å². The average Bonchev–Trinajstić information content (AvgIpc) is 2.83. The largest absolute Gasteiger partial charge is 0.392 e. The molecule has 18 heavy (non-hydrogen) atoms. The second-order valence-corrected chi connectivity index (χ2v) is 9.90. The van der Waals surface area contributed by atoms with Gasteiger partial charge in [-0.05, 0) is 10.8 Å². The maximum Gasteiger partial charge on any atom is 0.0693 e. The van der Waals surface area contributed by atoms with Crippen molar-refractivity contribution >= 4 is 23.5 Å². The highest BCUT2D eigenvalue weighted by Gasteiger charge is 3.19. The third kappa shape index (κ3) is 0.409. The van der Waals surface area contributed by atoms with E-state index in [4.69, 9.17) is 0 Å². The van der Waals surface area contributed by atoms with Gasteiger partial charge in [-0.1, -0.05) is 13.8 Å². The number of aliphatic hydroxyl groups is 2. The summed E-state index contributed by atoms with van der Waals surface area (Å²) >= 11 is 3.94. The van der Waals surface area contributed by atoms with Crippen molar-refractivity contribution in [2.75, 3.05) is 23.0 Å². The monoisotopic (exact) mass is 282 g/mol. The van der Waals surface area contributed by atoms with E-state index < -0.39 is 0 Å². The lowest BCUT2D eigenvalue weighted by Crippen LogP contribution is -2.51. The van der Waals surface area contributed by atoms with Crippen LogP contribution in [0.3, 0.4) is 0 Å². The Morgan fingerprint density at radius 2 is 1.00 bits per heavy atom. The van der Waals surface area contributed by atoms with Gasteiger partial charge in [0.15, 0.2) is 0 Å². The van der Waals surface area contributed by atoms with Gasteiger partial charge in [-0.15, -0.1) is 0 Å². The molecule has 4 unspecified atom stereocenters. The quantitative estimate of drug-likeness (QED) is 0.701. The number of aliphatic hydroxyl groups excluding tert-OH is 2. The van der Waals surface area contributed by atoms with E-state index in [1.165, 1.54) is 0 Å². The predicted molar refractivity (Wildman–Crippen MR) is 72.6 cm³/mol. The highest BCUT2D eigenvalue weighted by atomic mass is 32.2. The zero-order valence-electron chi connectivity index (χ0n) is 10.7. The normalized spacial score (nSPS) is 84.7. The fourth-order valence-electron chi connectivity index (χ4n) is 8.73. The Morgan fingerprint density at radius 3 is 1.28 bits per heavy atom. The van der Waals surface area contributed by atoms with Crippen LogP contribution in [0.2, 0.25) is 0 Å². The molecule has 0 bridgehead atoms. The van der Waals surface area contributed by atoms with E-state index in [1.807, 2.05) is 23.5 Å². The van der Waals surface area contributed by atoms with Crippen LogP contribution in [0.1, 0.15) is 13.8 Å². The van der Waals surface area contributed by atoms with Gasteiger partial charge in [0.05, 0.1) is 12.2 Å². The third-order valence-corrected chi connectivity index (χ3v) is 11.9. The first-order chi connectivity index (χ1) is 8.47. The van der Waals surface area contributed by atoms with Gasteiger partial charge in [0.2, 0.25) is 0 Å². The number of hydrogen-bond donors (Lipinski definition) is 2. The predicted octanol–water partition coefficient (Wildman–Crippen LogP) is 1.21. The first-order valence-corrected chi connectivity index (χ1v) is 9.30. The average molecular weight is 282 g/mol. The molecule has 2 aliphatic heterocycles. The maximum absolute atomic E-state index is 11.2. The molecule has 6 aliphatic rings. The smallest absolute Gasteiger partial charge is 0.0693 e. The lowest BCUT2D eigenvalue weighted by atomic mass is 9.67. The minimum atomic E-state index is -0.145. The van der Waals surface area contributed by atoms with Crippen LogP contribution in [-0.4, -0.2) is 45.4 Å². The number of rotatable bonds is 0. The van der Waals surface area contributed by atoms with E-state index in [0.29, 0.717) is 0 Å². The molecule has 2 saturated heterocycles. The van der Waals surface area contributed by atoms with Crippen LogP contribution < -0.4 is 0 Å². The molecule has 6 rings (SSSR count). The van der Waals surface area contributed by atoms with Crippen molar-refractivity contribution in [3.05, 3.63) is 0 Å². The standard InChI is InChI=1S/C14H18O2S2/c1-9-10(2)13-5-18-6-14(10,13)8(16)12(9)4-17-3-11(9,12)7(13)15/h7-8,15-16H,3-6H2,1-2H3. The van der Waals surface area contributed by atoms with Gasteiger partial charge < -0.3 is 10.2 Å². The number of hydrogen-bond acceptors (Lipinski definition) is 4. The van der Waals surface area contributed by atoms with E-state index >= 15 is 0 Å². The lowest BCUT2D eigenvalue weighted by molar-refractivity contribution is -0.0839. The Balaban J connectivity index is 1.77. The summed E-state index contributed by atoms with van der Waals surface area (Å²) in [5.74, 6) is 4.33. The van der Waals surface area contributed by atoms with Crippen molar-refractivity contribution in [3.63, 3.8) is 0 Å². The van der Waals surface area contributed by atoms with E-state index in [9.17, 15) is 10.2 Å². The van der Waals surface area contributed by atoms with Crippen molar-refractivity contribution in [1.82, 2.24) is 0 Å². The first-order valence-electron chi connectivity index (χ1n) is 6.99. The molecule has 2 N–H and O–H groups in total. The van der Waals surface area contributed by atoms with Crippen LogP contribution >= 0.6 is 23.5 Å². The fraction of sp³-hybridized carbons (Fsp3) is 1.00. The molecule has 4 saturated carbocycles. The van der Waals surface area contributed by atoms with Crippen molar-refractivity contribution in [3.8, 4) is 0 Å². The Labute approximate surface area is 115 Å². The summed E-state index contributed by atoms with van der Waals surface area (Å²) in [5.41, 5.74) is 0.685. The van der Waals surface area contributed by atoms with Gasteiger partial charge in [-0.2, -0.15) is 23.5 Å². The molecule has 6 fully saturated rings. The Kier molecular flexibility index (Phi) is 1.19. The molecule has 0 radical (unpaired) electrons. The summed E-state index contributed by atoms with van der Waals surface area (Å²) in [6.07, 6.45) is -0.290. The van der Waals surface area contributed by atoms with Gasteiger partial charge in [0, 0.05) is 44.7 Å². The summed E-state index contributed by atoms with van der Waals surface area (Å²) < 4.78 is 0. The van der Waals surface area contributed by atoms with Crippen LogP contribution in [0.15, 0.2) is 0 Å². The van der Waals surface area contributed by atoms with Gasteiger partial charge in [0.1, 0.15) is 0 Å². The molecule has 2 nitrogen and oxygen atoms in total. The van der Waals surface area contributed by atoms with Crippen LogP contribution in [0.25, 0.3) is 0 Å². The van der Waals surface area contributed by atoms with Crippen LogP contribution in [-0.2, 0) is 0 Å². The summed E-state index contributed by atoms with van der Waals surface area (Å²) in [6, 6.07) is 0. The maximum atomic E-state index is 11.2. The molecule has 0 aromatic carbocycles. The van der Waals surface area contributed by atoms with Crippen molar-refractivity contribution in [2.24, 2.45) is 32.5 Å². The van der Waals surface area contributed by atoms with Crippen molar-refractivity contribution in [1.29, 1.82) is 0 Å². The second kappa shape index (κ2) is 2.06. The summed E-state index contributed by atoms with van der Waals surface area (Å²) in [7, 11) is 0. The molecule has 0 aromatic heterocycles. The molecule has 0 aromatic rings. The zero-order valence-corrected chi connectivity index (χ0v) is 12.3. The van der Waals surface area contributed by atoms with Crippen LogP contribution in [0.4, 0.5) is 0 Å². The molecule has 0 amide bonds. The number of thioether (sulfide) groups is 2. The minimum Gasteiger partial charge on any atom is -0.392 e. The van der Waals surface area contributed by atoms with Crippen molar-refractivity contribution in [2.45, 2.75) is 26.1 Å². The van der Waals surface area contributed by atoms with E-state index in [0.717, 1.165) is 23.0 Å². The van der Waals surface area contributed by atoms with Crippen LogP contribution in [0.5, 0.6) is 0 Å². The molecule has 4 heteroatoms. The molecule has 4 aliphatic carbocycles. The molecular weight excluding hydrogens is 264 g/mol. The summed E-state index contributed by atoms with van der Waals surface area (Å²) in [5, 5.41) is 22.3. The highest BCUT2D eigenvalue weighted by Crippen LogP contribution is 3.16. The van der Waals surface area contributed by atoms with E-state index in [1.54, 1.807) is 0 Å². The zero-order chi connectivity index (χ0) is 12.4. The molecule has 2 heterocycles. The third-order valence-electron chi connectivity index (χ3n) is 9.22. The molecule has 4 spiro atoms. The Morgan fingerprint density at radius 1 is 0.722 bits per heavy atom. The van der Waals surface area contributed by atoms with Gasteiger partial charge >= 0.3 is 0 Å². The molecule has 4 atom stereocenters. The van der Waals surface area contributed by atoms with Crippen molar-refractivity contribution < 1.29 is 10.2 Å². The summed E-state index contributed by atoms with van der Waals surface area (Å²) in [4.78, 5) is 0. The Hall–Kier alpha value is 0.620. The van der Waals surface area contributed by atoms with E-state index in [2.05, 4.69) is 13.8 Å². The Bertz CT molecular complexity index is 466. The topological polar surface area (TPSA) is 40.5 Å². The van der Waals surface area contributed by atoms with Gasteiger partial charge in [-0.25, -0.2) is 0 Å². The highest BCUT2D eigenvalue weighted by molar-refractivity contribution is 8.00.